The lowest BCUT2D eigenvalue weighted by atomic mass is 10.1. The van der Waals surface area contributed by atoms with E-state index in [0.717, 1.165) is 18.9 Å². The first-order valence-electron chi connectivity index (χ1n) is 11.8. The quantitative estimate of drug-likeness (QED) is 0.138. The van der Waals surface area contributed by atoms with E-state index in [1.165, 1.54) is 0 Å². The maximum Gasteiger partial charge on any atom is 0.343 e. The second-order valence-corrected chi connectivity index (χ2v) is 15.9. The summed E-state index contributed by atoms with van der Waals surface area (Å²) in [6.07, 6.45) is 1.89. The van der Waals surface area contributed by atoms with Crippen LogP contribution in [0.25, 0.3) is 0 Å². The van der Waals surface area contributed by atoms with Gasteiger partial charge in [-0.3, -0.25) is 0 Å². The van der Waals surface area contributed by atoms with E-state index in [1.54, 1.807) is 48.5 Å². The summed E-state index contributed by atoms with van der Waals surface area (Å²) in [5, 5.41) is 0. The lowest BCUT2D eigenvalue weighted by molar-refractivity contribution is 0.0447. The highest BCUT2D eigenvalue weighted by Gasteiger charge is 2.23. The van der Waals surface area contributed by atoms with Gasteiger partial charge in [-0.05, 0) is 93.1 Å². The summed E-state index contributed by atoms with van der Waals surface area (Å²) in [7, 11) is -2.28. The number of rotatable bonds is 13. The minimum Gasteiger partial charge on any atom is -0.494 e. The van der Waals surface area contributed by atoms with E-state index in [1.807, 2.05) is 6.92 Å². The van der Waals surface area contributed by atoms with Crippen LogP contribution in [-0.4, -0.2) is 42.5 Å². The third-order valence-corrected chi connectivity index (χ3v) is 10.7. The van der Waals surface area contributed by atoms with Gasteiger partial charge in [0.15, 0.2) is 17.4 Å². The van der Waals surface area contributed by atoms with Gasteiger partial charge in [-0.1, -0.05) is 20.3 Å². The first-order valence-corrected chi connectivity index (χ1v) is 17.3. The summed E-state index contributed by atoms with van der Waals surface area (Å²) < 4.78 is 22.7. The molecule has 1 unspecified atom stereocenters. The van der Waals surface area contributed by atoms with E-state index in [2.05, 4.69) is 33.1 Å². The molecular weight excluding hydrogens is 464 g/mol. The Morgan fingerprint density at radius 2 is 1.47 bits per heavy atom. The first kappa shape index (κ1) is 27.8. The van der Waals surface area contributed by atoms with Crippen molar-refractivity contribution in [3.8, 4) is 11.5 Å². The molecule has 0 N–H and O–H groups in total. The van der Waals surface area contributed by atoms with Crippen molar-refractivity contribution in [3.63, 3.8) is 0 Å². The van der Waals surface area contributed by atoms with E-state index in [9.17, 15) is 9.59 Å². The maximum absolute atomic E-state index is 12.5. The zero-order valence-electron chi connectivity index (χ0n) is 21.2. The van der Waals surface area contributed by atoms with Gasteiger partial charge >= 0.3 is 11.9 Å². The Balaban J connectivity index is 1.80. The van der Waals surface area contributed by atoms with Crippen molar-refractivity contribution in [2.75, 3.05) is 13.2 Å². The lowest BCUT2D eigenvalue weighted by Crippen LogP contribution is -2.35. The molecule has 2 rings (SSSR count). The van der Waals surface area contributed by atoms with Gasteiger partial charge in [0.2, 0.25) is 0 Å². The molecule has 0 saturated heterocycles. The highest BCUT2D eigenvalue weighted by molar-refractivity contribution is 6.77. The lowest BCUT2D eigenvalue weighted by Gasteiger charge is -2.25. The fraction of sp³-hybridized carbons (Fsp3) is 0.462. The normalized spacial score (nSPS) is 12.3. The van der Waals surface area contributed by atoms with Gasteiger partial charge in [-0.2, -0.15) is 0 Å². The van der Waals surface area contributed by atoms with Crippen molar-refractivity contribution in [2.45, 2.75) is 58.9 Å². The van der Waals surface area contributed by atoms with Crippen LogP contribution in [0.3, 0.4) is 0 Å². The van der Waals surface area contributed by atoms with Gasteiger partial charge < -0.3 is 18.3 Å². The Bertz CT molecular complexity index is 910. The largest absolute Gasteiger partial charge is 0.494 e. The van der Waals surface area contributed by atoms with Crippen LogP contribution in [0.1, 0.15) is 47.4 Å². The molecule has 1 atom stereocenters. The predicted octanol–water partition coefficient (Wildman–Crippen LogP) is 6.35. The van der Waals surface area contributed by atoms with Crippen LogP contribution in [0.5, 0.6) is 11.5 Å². The number of esters is 2. The van der Waals surface area contributed by atoms with E-state index in [4.69, 9.17) is 18.3 Å². The third kappa shape index (κ3) is 9.83. The van der Waals surface area contributed by atoms with Gasteiger partial charge in [0, 0.05) is 0 Å². The smallest absolute Gasteiger partial charge is 0.343 e. The van der Waals surface area contributed by atoms with Gasteiger partial charge in [0.05, 0.1) is 24.3 Å². The fourth-order valence-electron chi connectivity index (χ4n) is 3.22. The summed E-state index contributed by atoms with van der Waals surface area (Å²) in [4.78, 5) is 24.5. The summed E-state index contributed by atoms with van der Waals surface area (Å²) >= 11 is 0. The van der Waals surface area contributed by atoms with Crippen LogP contribution in [0.15, 0.2) is 48.5 Å². The highest BCUT2D eigenvalue weighted by Crippen LogP contribution is 2.19. The second-order valence-electron chi connectivity index (χ2n) is 9.27. The van der Waals surface area contributed by atoms with Crippen LogP contribution in [0.4, 0.5) is 0 Å². The molecule has 0 aliphatic rings. The van der Waals surface area contributed by atoms with Crippen LogP contribution in [0.2, 0.25) is 32.2 Å². The molecule has 2 aromatic carbocycles. The molecule has 0 aliphatic heterocycles. The van der Waals surface area contributed by atoms with Crippen molar-refractivity contribution in [2.24, 2.45) is 5.92 Å². The number of hydrogen-bond acceptors (Lipinski definition) is 6. The van der Waals surface area contributed by atoms with Crippen molar-refractivity contribution >= 4 is 29.3 Å². The highest BCUT2D eigenvalue weighted by atomic mass is 28.4. The Kier molecular flexibility index (Phi) is 11.0. The molecule has 34 heavy (non-hydrogen) atoms. The van der Waals surface area contributed by atoms with E-state index < -0.39 is 23.3 Å². The van der Waals surface area contributed by atoms with Crippen molar-refractivity contribution < 1.29 is 27.9 Å². The number of ether oxygens (including phenoxy) is 3. The van der Waals surface area contributed by atoms with Crippen LogP contribution in [0, 0.1) is 5.92 Å². The van der Waals surface area contributed by atoms with E-state index in [-0.39, 0.29) is 5.97 Å². The predicted molar refractivity (Wildman–Crippen MR) is 139 cm³/mol. The summed E-state index contributed by atoms with van der Waals surface area (Å²) in [5.74, 6) is 0.545. The minimum atomic E-state index is -1.61. The van der Waals surface area contributed by atoms with E-state index >= 15 is 0 Å². The number of benzene rings is 2. The Morgan fingerprint density at radius 1 is 0.912 bits per heavy atom. The standard InChI is InChI=1S/C26H37O6Si2/c1-7-20(2)19-30-25(27)21-11-15-24(16-12-21)31-26(28)22-9-13-23(14-10-22)29-17-8-18-34(5,6)32-33(3)4/h9-16,20H,7-8,17-19H2,1-6H3. The molecule has 2 aromatic rings. The van der Waals surface area contributed by atoms with Gasteiger partial charge in [-0.15, -0.1) is 0 Å². The number of carbonyl (C=O) groups excluding carboxylic acids is 2. The SMILES string of the molecule is CCC(C)COC(=O)c1ccc(OC(=O)c2ccc(OCCC[Si](C)(C)O[Si](C)C)cc2)cc1. The first-order chi connectivity index (χ1) is 16.1. The molecule has 0 fully saturated rings. The van der Waals surface area contributed by atoms with Crippen molar-refractivity contribution in [3.05, 3.63) is 59.7 Å². The van der Waals surface area contributed by atoms with Crippen LogP contribution < -0.4 is 9.47 Å². The van der Waals surface area contributed by atoms with Crippen LogP contribution >= 0.6 is 0 Å². The molecule has 0 aliphatic carbocycles. The zero-order chi connectivity index (χ0) is 25.1. The molecular formula is C26H37O6Si2. The monoisotopic (exact) mass is 501 g/mol. The molecule has 8 heteroatoms. The van der Waals surface area contributed by atoms with Gasteiger partial charge in [0.1, 0.15) is 11.5 Å². The number of carbonyl (C=O) groups is 2. The minimum absolute atomic E-state index is 0.320. The van der Waals surface area contributed by atoms with Crippen LogP contribution in [-0.2, 0) is 8.85 Å². The molecule has 0 amide bonds. The summed E-state index contributed by atoms with van der Waals surface area (Å²) in [6, 6.07) is 14.3. The summed E-state index contributed by atoms with van der Waals surface area (Å²) in [5.41, 5.74) is 0.847. The fourth-order valence-corrected chi connectivity index (χ4v) is 9.05. The molecule has 1 radical (unpaired) electrons. The van der Waals surface area contributed by atoms with Gasteiger partial charge in [0.25, 0.3) is 0 Å². The molecule has 0 saturated carbocycles. The average Bonchev–Trinajstić information content (AvgIpc) is 2.80. The zero-order valence-corrected chi connectivity index (χ0v) is 23.2. The molecule has 0 bridgehead atoms. The van der Waals surface area contributed by atoms with E-state index in [0.29, 0.717) is 41.8 Å². The topological polar surface area (TPSA) is 71.1 Å². The summed E-state index contributed by atoms with van der Waals surface area (Å²) in [6.45, 7) is 13.9. The van der Waals surface area contributed by atoms with Crippen molar-refractivity contribution in [1.82, 2.24) is 0 Å². The van der Waals surface area contributed by atoms with Gasteiger partial charge in [-0.25, -0.2) is 9.59 Å². The molecule has 0 spiro atoms. The maximum atomic E-state index is 12.5. The average molecular weight is 502 g/mol. The molecule has 6 nitrogen and oxygen atoms in total. The third-order valence-electron chi connectivity index (χ3n) is 5.26. The Morgan fingerprint density at radius 3 is 2.03 bits per heavy atom. The van der Waals surface area contributed by atoms with Crippen molar-refractivity contribution in [1.29, 1.82) is 0 Å². The Hall–Kier alpha value is -2.43. The Labute approximate surface area is 206 Å². The molecule has 0 heterocycles. The molecule has 185 valence electrons. The number of hydrogen-bond donors (Lipinski definition) is 0. The second kappa shape index (κ2) is 13.5. The molecule has 0 aromatic heterocycles.